The van der Waals surface area contributed by atoms with Gasteiger partial charge in [-0.25, -0.2) is 13.6 Å². The first-order valence-corrected chi connectivity index (χ1v) is 13.4. The predicted molar refractivity (Wildman–Crippen MR) is 149 cm³/mol. The summed E-state index contributed by atoms with van der Waals surface area (Å²) in [7, 11) is 0. The van der Waals surface area contributed by atoms with Gasteiger partial charge >= 0.3 is 6.09 Å². The van der Waals surface area contributed by atoms with Crippen molar-refractivity contribution in [1.29, 1.82) is 5.26 Å². The second-order valence-electron chi connectivity index (χ2n) is 9.60. The topological polar surface area (TPSA) is 96.7 Å². The lowest BCUT2D eigenvalue weighted by molar-refractivity contribution is 0.205. The number of likely N-dealkylation sites (tertiary alicyclic amines) is 1. The molecule has 0 spiro atoms. The van der Waals surface area contributed by atoms with Crippen LogP contribution in [0.1, 0.15) is 31.2 Å². The van der Waals surface area contributed by atoms with E-state index in [1.165, 1.54) is 43.5 Å². The molecule has 3 aromatic carbocycles. The SMILES string of the molecule is N#Cc1cc2c(Oc3ccc(NC(=O)Oc4ccc(F)cc4)c(F)c3)ccnc2cc1OCCCN1CCCCC1. The number of piperidine rings is 1. The fraction of sp³-hybridized carbons (Fsp3) is 0.258. The number of pyridine rings is 1. The van der Waals surface area contributed by atoms with Crippen molar-refractivity contribution in [2.75, 3.05) is 31.6 Å². The van der Waals surface area contributed by atoms with Gasteiger partial charge in [0.15, 0.2) is 5.82 Å². The van der Waals surface area contributed by atoms with E-state index in [4.69, 9.17) is 14.2 Å². The predicted octanol–water partition coefficient (Wildman–Crippen LogP) is 7.04. The Kier molecular flexibility index (Phi) is 8.86. The van der Waals surface area contributed by atoms with Crippen LogP contribution in [0.4, 0.5) is 19.3 Å². The van der Waals surface area contributed by atoms with Crippen LogP contribution in [-0.4, -0.2) is 42.2 Å². The van der Waals surface area contributed by atoms with E-state index in [1.54, 1.807) is 24.4 Å². The van der Waals surface area contributed by atoms with Gasteiger partial charge in [0, 0.05) is 30.3 Å². The fourth-order valence-electron chi connectivity index (χ4n) is 4.63. The van der Waals surface area contributed by atoms with Crippen LogP contribution in [0.3, 0.4) is 0 Å². The number of carbonyl (C=O) groups excluding carboxylic acids is 1. The molecule has 4 aromatic rings. The van der Waals surface area contributed by atoms with Crippen LogP contribution < -0.4 is 19.5 Å². The summed E-state index contributed by atoms with van der Waals surface area (Å²) in [6.45, 7) is 3.70. The molecule has 0 bridgehead atoms. The van der Waals surface area contributed by atoms with Crippen molar-refractivity contribution < 1.29 is 27.8 Å². The Balaban J connectivity index is 1.24. The van der Waals surface area contributed by atoms with E-state index in [1.807, 2.05) is 0 Å². The van der Waals surface area contributed by atoms with E-state index in [0.717, 1.165) is 44.3 Å². The number of aromatic nitrogens is 1. The quantitative estimate of drug-likeness (QED) is 0.220. The lowest BCUT2D eigenvalue weighted by Gasteiger charge is -2.26. The van der Waals surface area contributed by atoms with Crippen molar-refractivity contribution >= 4 is 22.7 Å². The number of benzene rings is 3. The van der Waals surface area contributed by atoms with E-state index in [2.05, 4.69) is 21.3 Å². The van der Waals surface area contributed by atoms with E-state index >= 15 is 0 Å². The normalized spacial score (nSPS) is 13.4. The molecule has 1 N–H and O–H groups in total. The minimum atomic E-state index is -0.933. The average molecular weight is 559 g/mol. The molecule has 1 amide bonds. The van der Waals surface area contributed by atoms with E-state index in [9.17, 15) is 18.8 Å². The number of nitrogens with one attached hydrogen (secondary N) is 1. The number of amides is 1. The highest BCUT2D eigenvalue weighted by atomic mass is 19.1. The Labute approximate surface area is 236 Å². The van der Waals surface area contributed by atoms with Crippen molar-refractivity contribution in [2.45, 2.75) is 25.7 Å². The zero-order valence-electron chi connectivity index (χ0n) is 22.2. The molecule has 5 rings (SSSR count). The van der Waals surface area contributed by atoms with Crippen molar-refractivity contribution in [3.63, 3.8) is 0 Å². The number of nitrogens with zero attached hydrogens (tertiary/aromatic N) is 3. The minimum Gasteiger partial charge on any atom is -0.492 e. The molecular formula is C31H28F2N4O4. The van der Waals surface area contributed by atoms with Gasteiger partial charge in [0.05, 0.1) is 23.4 Å². The van der Waals surface area contributed by atoms with Crippen LogP contribution in [0.15, 0.2) is 66.9 Å². The van der Waals surface area contributed by atoms with Crippen LogP contribution in [0.25, 0.3) is 10.9 Å². The van der Waals surface area contributed by atoms with Crippen LogP contribution in [-0.2, 0) is 0 Å². The highest BCUT2D eigenvalue weighted by Gasteiger charge is 2.15. The van der Waals surface area contributed by atoms with Gasteiger partial charge in [-0.05, 0) is 80.9 Å². The molecule has 2 heterocycles. The lowest BCUT2D eigenvalue weighted by atomic mass is 10.1. The molecule has 1 fully saturated rings. The smallest absolute Gasteiger partial charge is 0.417 e. The van der Waals surface area contributed by atoms with Crippen molar-refractivity contribution in [1.82, 2.24) is 9.88 Å². The molecule has 8 nitrogen and oxygen atoms in total. The third-order valence-corrected chi connectivity index (χ3v) is 6.68. The molecule has 41 heavy (non-hydrogen) atoms. The number of anilines is 1. The maximum atomic E-state index is 14.8. The summed E-state index contributed by atoms with van der Waals surface area (Å²) in [5.41, 5.74) is 0.784. The van der Waals surface area contributed by atoms with E-state index in [0.29, 0.717) is 34.6 Å². The molecule has 1 aliphatic rings. The zero-order valence-corrected chi connectivity index (χ0v) is 22.2. The van der Waals surface area contributed by atoms with Gasteiger partial charge in [-0.1, -0.05) is 6.42 Å². The lowest BCUT2D eigenvalue weighted by Crippen LogP contribution is -2.31. The molecule has 0 unspecified atom stereocenters. The van der Waals surface area contributed by atoms with Crippen LogP contribution in [0.2, 0.25) is 0 Å². The Morgan fingerprint density at radius 1 is 0.976 bits per heavy atom. The standard InChI is InChI=1S/C31H28F2N4O4/c32-22-5-7-23(8-6-22)41-31(38)36-27-10-9-24(18-26(27)33)40-29-11-12-35-28-19-30(21(20-34)17-25(28)29)39-16-4-15-37-13-2-1-3-14-37/h5-12,17-19H,1-4,13-16H2,(H,36,38). The van der Waals surface area contributed by atoms with Crippen molar-refractivity contribution in [3.05, 3.63) is 84.1 Å². The van der Waals surface area contributed by atoms with E-state index in [-0.39, 0.29) is 17.2 Å². The number of carbonyl (C=O) groups is 1. The van der Waals surface area contributed by atoms with Gasteiger partial charge in [-0.15, -0.1) is 0 Å². The third-order valence-electron chi connectivity index (χ3n) is 6.68. The molecule has 210 valence electrons. The van der Waals surface area contributed by atoms with Gasteiger partial charge in [0.1, 0.15) is 34.9 Å². The fourth-order valence-corrected chi connectivity index (χ4v) is 4.63. The highest BCUT2D eigenvalue weighted by Crippen LogP contribution is 2.34. The summed E-state index contributed by atoms with van der Waals surface area (Å²) in [5.74, 6) is -0.121. The number of rotatable bonds is 9. The number of ether oxygens (including phenoxy) is 3. The minimum absolute atomic E-state index is 0.108. The first kappa shape index (κ1) is 27.8. The maximum Gasteiger partial charge on any atom is 0.417 e. The zero-order chi connectivity index (χ0) is 28.6. The van der Waals surface area contributed by atoms with Crippen molar-refractivity contribution in [2.24, 2.45) is 0 Å². The van der Waals surface area contributed by atoms with E-state index < -0.39 is 17.7 Å². The molecule has 1 aliphatic heterocycles. The summed E-state index contributed by atoms with van der Waals surface area (Å²) in [6.07, 6.45) is 5.25. The van der Waals surface area contributed by atoms with Gasteiger partial charge < -0.3 is 19.1 Å². The number of hydrogen-bond donors (Lipinski definition) is 1. The number of halogens is 2. The number of hydrogen-bond acceptors (Lipinski definition) is 7. The average Bonchev–Trinajstić information content (AvgIpc) is 2.98. The summed E-state index contributed by atoms with van der Waals surface area (Å²) >= 11 is 0. The first-order chi connectivity index (χ1) is 20.0. The maximum absolute atomic E-state index is 14.8. The molecule has 0 atom stereocenters. The van der Waals surface area contributed by atoms with Gasteiger partial charge in [-0.3, -0.25) is 10.3 Å². The first-order valence-electron chi connectivity index (χ1n) is 13.4. The Bertz CT molecular complexity index is 1570. The number of nitriles is 1. The summed E-state index contributed by atoms with van der Waals surface area (Å²) in [4.78, 5) is 18.9. The monoisotopic (exact) mass is 558 g/mol. The molecule has 10 heteroatoms. The third kappa shape index (κ3) is 7.26. The Morgan fingerprint density at radius 3 is 2.51 bits per heavy atom. The largest absolute Gasteiger partial charge is 0.492 e. The molecule has 0 saturated carbocycles. The molecule has 1 aromatic heterocycles. The summed E-state index contributed by atoms with van der Waals surface area (Å²) < 4.78 is 44.7. The highest BCUT2D eigenvalue weighted by molar-refractivity contribution is 5.88. The summed E-state index contributed by atoms with van der Waals surface area (Å²) in [5, 5.41) is 12.6. The number of fused-ring (bicyclic) bond motifs is 1. The van der Waals surface area contributed by atoms with Gasteiger partial charge in [0.2, 0.25) is 0 Å². The molecular weight excluding hydrogens is 530 g/mol. The van der Waals surface area contributed by atoms with Crippen molar-refractivity contribution in [3.8, 4) is 29.1 Å². The second-order valence-corrected chi connectivity index (χ2v) is 9.60. The van der Waals surface area contributed by atoms with Gasteiger partial charge in [0.25, 0.3) is 0 Å². The second kappa shape index (κ2) is 13.1. The van der Waals surface area contributed by atoms with Crippen LogP contribution >= 0.6 is 0 Å². The Hall–Kier alpha value is -4.75. The molecule has 0 radical (unpaired) electrons. The molecule has 0 aliphatic carbocycles. The summed E-state index contributed by atoms with van der Waals surface area (Å²) in [6, 6.07) is 15.9. The van der Waals surface area contributed by atoms with Gasteiger partial charge in [-0.2, -0.15) is 5.26 Å². The molecule has 1 saturated heterocycles. The Morgan fingerprint density at radius 2 is 1.76 bits per heavy atom. The van der Waals surface area contributed by atoms with Crippen LogP contribution in [0, 0.1) is 23.0 Å². The van der Waals surface area contributed by atoms with Crippen LogP contribution in [0.5, 0.6) is 23.0 Å².